The first-order valence-corrected chi connectivity index (χ1v) is 5.61. The fourth-order valence-corrected chi connectivity index (χ4v) is 1.70. The number of halogens is 1. The molecule has 2 aromatic carbocycles. The molecule has 0 spiro atoms. The van der Waals surface area contributed by atoms with Crippen molar-refractivity contribution >= 4 is 11.7 Å². The number of carboxylic acid groups (broad SMARTS) is 1. The van der Waals surface area contributed by atoms with E-state index in [0.717, 1.165) is 0 Å². The molecule has 0 heterocycles. The van der Waals surface area contributed by atoms with Crippen molar-refractivity contribution in [2.24, 2.45) is 0 Å². The lowest BCUT2D eigenvalue weighted by Gasteiger charge is -2.14. The van der Waals surface area contributed by atoms with Crippen molar-refractivity contribution in [2.75, 3.05) is 5.12 Å². The highest BCUT2D eigenvalue weighted by Gasteiger charge is 2.11. The number of aromatic carboxylic acids is 1. The van der Waals surface area contributed by atoms with Gasteiger partial charge in [-0.3, -0.25) is 0 Å². The summed E-state index contributed by atoms with van der Waals surface area (Å²) in [4.78, 5) is 10.7. The largest absolute Gasteiger partial charge is 0.507 e. The van der Waals surface area contributed by atoms with Crippen LogP contribution in [0.3, 0.4) is 0 Å². The maximum absolute atomic E-state index is 13.8. The molecule has 0 saturated heterocycles. The van der Waals surface area contributed by atoms with Crippen LogP contribution < -0.4 is 5.12 Å². The number of rotatable bonds is 4. The highest BCUT2D eigenvalue weighted by atomic mass is 19.2. The summed E-state index contributed by atoms with van der Waals surface area (Å²) in [5.41, 5.74) is 0.673. The van der Waals surface area contributed by atoms with Crippen molar-refractivity contribution in [3.05, 3.63) is 59.7 Å². The molecule has 5 heteroatoms. The van der Waals surface area contributed by atoms with Gasteiger partial charge in [0.1, 0.15) is 11.3 Å². The monoisotopic (exact) mass is 261 g/mol. The molecule has 19 heavy (non-hydrogen) atoms. The van der Waals surface area contributed by atoms with Crippen LogP contribution in [0.2, 0.25) is 0 Å². The molecule has 2 rings (SSSR count). The SMILES string of the molecule is O=C(O)c1ccc(CN(F)c2ccccc2)cc1O. The van der Waals surface area contributed by atoms with Crippen molar-refractivity contribution in [2.45, 2.75) is 6.54 Å². The Kier molecular flexibility index (Phi) is 3.66. The average molecular weight is 261 g/mol. The molecule has 0 fully saturated rings. The van der Waals surface area contributed by atoms with E-state index in [9.17, 15) is 14.4 Å². The van der Waals surface area contributed by atoms with Crippen LogP contribution in [0.25, 0.3) is 0 Å². The summed E-state index contributed by atoms with van der Waals surface area (Å²) in [5.74, 6) is -1.59. The first-order chi connectivity index (χ1) is 9.08. The topological polar surface area (TPSA) is 60.8 Å². The summed E-state index contributed by atoms with van der Waals surface area (Å²) in [5, 5.41) is 18.8. The lowest BCUT2D eigenvalue weighted by atomic mass is 10.1. The van der Waals surface area contributed by atoms with Crippen molar-refractivity contribution in [1.82, 2.24) is 0 Å². The van der Waals surface area contributed by atoms with Crippen LogP contribution in [-0.4, -0.2) is 16.2 Å². The normalized spacial score (nSPS) is 10.2. The Morgan fingerprint density at radius 2 is 1.84 bits per heavy atom. The van der Waals surface area contributed by atoms with Gasteiger partial charge in [0.15, 0.2) is 0 Å². The zero-order chi connectivity index (χ0) is 13.8. The summed E-state index contributed by atoms with van der Waals surface area (Å²) in [6.07, 6.45) is 0. The molecule has 2 aromatic rings. The number of anilines is 1. The van der Waals surface area contributed by atoms with Crippen molar-refractivity contribution < 1.29 is 19.5 Å². The van der Waals surface area contributed by atoms with Crippen LogP contribution in [0, 0.1) is 0 Å². The highest BCUT2D eigenvalue weighted by molar-refractivity contribution is 5.90. The molecule has 0 radical (unpaired) electrons. The van der Waals surface area contributed by atoms with Crippen LogP contribution in [0.1, 0.15) is 15.9 Å². The minimum Gasteiger partial charge on any atom is -0.507 e. The van der Waals surface area contributed by atoms with Gasteiger partial charge in [0.05, 0.1) is 12.2 Å². The number of hydrogen-bond donors (Lipinski definition) is 2. The number of nitrogens with zero attached hydrogens (tertiary/aromatic N) is 1. The molecular weight excluding hydrogens is 249 g/mol. The van der Waals surface area contributed by atoms with E-state index in [4.69, 9.17) is 5.11 Å². The van der Waals surface area contributed by atoms with Crippen LogP contribution in [0.5, 0.6) is 5.75 Å². The minimum absolute atomic E-state index is 0.0720. The first kappa shape index (κ1) is 12.9. The second kappa shape index (κ2) is 5.39. The van der Waals surface area contributed by atoms with E-state index >= 15 is 0 Å². The van der Waals surface area contributed by atoms with Crippen molar-refractivity contribution in [1.29, 1.82) is 0 Å². The fourth-order valence-electron chi connectivity index (χ4n) is 1.70. The Morgan fingerprint density at radius 3 is 2.42 bits per heavy atom. The second-order valence-corrected chi connectivity index (χ2v) is 4.01. The third kappa shape index (κ3) is 3.01. The standard InChI is InChI=1S/C14H12FNO3/c15-16(11-4-2-1-3-5-11)9-10-6-7-12(14(18)19)13(17)8-10/h1-8,17H,9H2,(H,18,19). The van der Waals surface area contributed by atoms with Gasteiger partial charge in [-0.1, -0.05) is 28.7 Å². The molecule has 2 N–H and O–H groups in total. The average Bonchev–Trinajstić information content (AvgIpc) is 2.39. The molecule has 0 aliphatic carbocycles. The van der Waals surface area contributed by atoms with Gasteiger partial charge in [-0.15, -0.1) is 0 Å². The van der Waals surface area contributed by atoms with E-state index in [1.54, 1.807) is 30.3 Å². The van der Waals surface area contributed by atoms with Gasteiger partial charge in [0.25, 0.3) is 0 Å². The lowest BCUT2D eigenvalue weighted by molar-refractivity contribution is 0.0693. The number of aromatic hydroxyl groups is 1. The van der Waals surface area contributed by atoms with E-state index in [1.807, 2.05) is 0 Å². The molecule has 4 nitrogen and oxygen atoms in total. The highest BCUT2D eigenvalue weighted by Crippen LogP contribution is 2.22. The van der Waals surface area contributed by atoms with E-state index in [2.05, 4.69) is 0 Å². The second-order valence-electron chi connectivity index (χ2n) is 4.01. The number of carboxylic acids is 1. The summed E-state index contributed by atoms with van der Waals surface area (Å²) in [6.45, 7) is -0.0720. The summed E-state index contributed by atoms with van der Waals surface area (Å²) < 4.78 is 13.8. The van der Waals surface area contributed by atoms with Gasteiger partial charge in [0.2, 0.25) is 0 Å². The molecular formula is C14H12FNO3. The fraction of sp³-hybridized carbons (Fsp3) is 0.0714. The summed E-state index contributed by atoms with van der Waals surface area (Å²) >= 11 is 0. The van der Waals surface area contributed by atoms with E-state index in [0.29, 0.717) is 16.4 Å². The third-order valence-electron chi connectivity index (χ3n) is 2.65. The number of para-hydroxylation sites is 1. The molecule has 0 amide bonds. The van der Waals surface area contributed by atoms with Gasteiger partial charge in [-0.05, 0) is 29.8 Å². The Bertz CT molecular complexity index is 586. The molecule has 0 saturated carbocycles. The van der Waals surface area contributed by atoms with Gasteiger partial charge in [-0.2, -0.15) is 0 Å². The van der Waals surface area contributed by atoms with Crippen molar-refractivity contribution in [3.8, 4) is 5.75 Å². The van der Waals surface area contributed by atoms with E-state index < -0.39 is 5.97 Å². The number of phenols is 1. The minimum atomic E-state index is -1.22. The predicted molar refractivity (Wildman–Crippen MR) is 68.8 cm³/mol. The zero-order valence-electron chi connectivity index (χ0n) is 9.95. The quantitative estimate of drug-likeness (QED) is 0.831. The molecule has 0 atom stereocenters. The molecule has 0 aliphatic rings. The van der Waals surface area contributed by atoms with Crippen LogP contribution in [0.4, 0.5) is 10.2 Å². The van der Waals surface area contributed by atoms with Crippen LogP contribution >= 0.6 is 0 Å². The Hall–Kier alpha value is -2.56. The zero-order valence-corrected chi connectivity index (χ0v) is 9.95. The Morgan fingerprint density at radius 1 is 1.16 bits per heavy atom. The number of benzene rings is 2. The smallest absolute Gasteiger partial charge is 0.339 e. The van der Waals surface area contributed by atoms with Crippen molar-refractivity contribution in [3.63, 3.8) is 0 Å². The number of hydrogen-bond acceptors (Lipinski definition) is 3. The molecule has 0 aromatic heterocycles. The molecule has 0 unspecified atom stereocenters. The van der Waals surface area contributed by atoms with E-state index in [1.165, 1.54) is 18.2 Å². The predicted octanol–water partition coefficient (Wildman–Crippen LogP) is 2.98. The first-order valence-electron chi connectivity index (χ1n) is 5.61. The number of carbonyl (C=O) groups is 1. The summed E-state index contributed by atoms with van der Waals surface area (Å²) in [7, 11) is 0. The maximum Gasteiger partial charge on any atom is 0.339 e. The Labute approximate surface area is 109 Å². The van der Waals surface area contributed by atoms with Gasteiger partial charge >= 0.3 is 5.97 Å². The van der Waals surface area contributed by atoms with Gasteiger partial charge in [-0.25, -0.2) is 9.92 Å². The molecule has 98 valence electrons. The third-order valence-corrected chi connectivity index (χ3v) is 2.65. The van der Waals surface area contributed by atoms with Crippen LogP contribution in [0.15, 0.2) is 48.5 Å². The summed E-state index contributed by atoms with van der Waals surface area (Å²) in [6, 6.07) is 12.4. The Balaban J connectivity index is 2.16. The maximum atomic E-state index is 13.8. The molecule has 0 bridgehead atoms. The van der Waals surface area contributed by atoms with Gasteiger partial charge < -0.3 is 10.2 Å². The van der Waals surface area contributed by atoms with Crippen LogP contribution in [-0.2, 0) is 6.54 Å². The van der Waals surface area contributed by atoms with E-state index in [-0.39, 0.29) is 17.9 Å². The lowest BCUT2D eigenvalue weighted by Crippen LogP contribution is -2.11. The van der Waals surface area contributed by atoms with Gasteiger partial charge in [0, 0.05) is 0 Å². The molecule has 0 aliphatic heterocycles.